The molecular weight excluding hydrogens is 276 g/mol. The Balaban J connectivity index is 2.33. The Morgan fingerprint density at radius 2 is 1.71 bits per heavy atom. The van der Waals surface area contributed by atoms with E-state index in [-0.39, 0.29) is 5.92 Å². The fraction of sp³-hybridized carbons (Fsp3) is 0.263. The lowest BCUT2D eigenvalue weighted by Crippen LogP contribution is -2.05. The molecule has 0 unspecified atom stereocenters. The maximum absolute atomic E-state index is 12.9. The van der Waals surface area contributed by atoms with Gasteiger partial charge in [-0.05, 0) is 31.0 Å². The average Bonchev–Trinajstić information content (AvgIpc) is 2.53. The summed E-state index contributed by atoms with van der Waals surface area (Å²) in [5.41, 5.74) is 2.39. The first-order valence-corrected chi connectivity index (χ1v) is 8.52. The van der Waals surface area contributed by atoms with Crippen LogP contribution in [0, 0.1) is 6.92 Å². The second-order valence-electron chi connectivity index (χ2n) is 5.23. The monoisotopic (exact) mass is 298 g/mol. The first-order valence-electron chi connectivity index (χ1n) is 7.37. The normalized spacial score (nSPS) is 14.7. The third-order valence-corrected chi connectivity index (χ3v) is 5.23. The molecule has 0 amide bonds. The molecule has 0 aromatic heterocycles. The van der Waals surface area contributed by atoms with Crippen molar-refractivity contribution in [1.82, 2.24) is 0 Å². The van der Waals surface area contributed by atoms with Gasteiger partial charge in [0.2, 0.25) is 0 Å². The van der Waals surface area contributed by atoms with Crippen LogP contribution in [0.3, 0.4) is 0 Å². The molecule has 0 spiro atoms. The molecule has 110 valence electrons. The predicted molar refractivity (Wildman–Crippen MR) is 90.8 cm³/mol. The minimum atomic E-state index is -1.10. The lowest BCUT2D eigenvalue weighted by atomic mass is 10.0. The van der Waals surface area contributed by atoms with Crippen LogP contribution in [0.4, 0.5) is 0 Å². The zero-order valence-electron chi connectivity index (χ0n) is 12.9. The van der Waals surface area contributed by atoms with Gasteiger partial charge in [-0.15, -0.1) is 0 Å². The highest BCUT2D eigenvalue weighted by atomic mass is 32.2. The van der Waals surface area contributed by atoms with E-state index in [1.54, 1.807) is 0 Å². The molecule has 0 radical (unpaired) electrons. The molecule has 2 aromatic rings. The molecule has 21 heavy (non-hydrogen) atoms. The summed E-state index contributed by atoms with van der Waals surface area (Å²) in [6.45, 7) is 6.26. The van der Waals surface area contributed by atoms with Crippen LogP contribution in [0.25, 0.3) is 0 Å². The summed E-state index contributed by atoms with van der Waals surface area (Å²) >= 11 is 0. The maximum atomic E-state index is 12.9. The summed E-state index contributed by atoms with van der Waals surface area (Å²) in [6.07, 6.45) is 3.00. The molecule has 2 heteroatoms. The zero-order chi connectivity index (χ0) is 15.2. The lowest BCUT2D eigenvalue weighted by Gasteiger charge is -2.16. The van der Waals surface area contributed by atoms with Gasteiger partial charge in [0.05, 0.1) is 10.8 Å². The molecule has 0 fully saturated rings. The van der Waals surface area contributed by atoms with Crippen molar-refractivity contribution in [3.8, 4) is 0 Å². The van der Waals surface area contributed by atoms with Gasteiger partial charge in [0, 0.05) is 15.7 Å². The van der Waals surface area contributed by atoms with Crippen molar-refractivity contribution in [1.29, 1.82) is 0 Å². The Kier molecular flexibility index (Phi) is 5.51. The maximum Gasteiger partial charge on any atom is 0.0811 e. The van der Waals surface area contributed by atoms with E-state index in [1.807, 2.05) is 49.4 Å². The van der Waals surface area contributed by atoms with E-state index in [0.29, 0.717) is 0 Å². The van der Waals surface area contributed by atoms with Crippen molar-refractivity contribution in [3.63, 3.8) is 0 Å². The number of hydrogen-bond acceptors (Lipinski definition) is 1. The Morgan fingerprint density at radius 3 is 2.29 bits per heavy atom. The molecular formula is C19H22OS. The van der Waals surface area contributed by atoms with Crippen molar-refractivity contribution >= 4 is 10.8 Å². The van der Waals surface area contributed by atoms with Crippen LogP contribution in [0.15, 0.2) is 70.5 Å². The number of allylic oxidation sites excluding steroid dienone is 2. The van der Waals surface area contributed by atoms with E-state index < -0.39 is 10.8 Å². The van der Waals surface area contributed by atoms with Crippen LogP contribution in [0.2, 0.25) is 0 Å². The first-order chi connectivity index (χ1) is 10.1. The van der Waals surface area contributed by atoms with Gasteiger partial charge in [0.1, 0.15) is 0 Å². The number of hydrogen-bond donors (Lipinski definition) is 0. The Hall–Kier alpha value is -1.67. The highest BCUT2D eigenvalue weighted by Gasteiger charge is 2.18. The topological polar surface area (TPSA) is 17.1 Å². The molecule has 0 N–H and O–H groups in total. The van der Waals surface area contributed by atoms with Crippen molar-refractivity contribution in [2.75, 3.05) is 0 Å². The third kappa shape index (κ3) is 3.92. The highest BCUT2D eigenvalue weighted by molar-refractivity contribution is 7.89. The molecule has 0 aliphatic rings. The zero-order valence-corrected chi connectivity index (χ0v) is 13.7. The Labute approximate surface area is 130 Å². The van der Waals surface area contributed by atoms with Gasteiger partial charge in [-0.2, -0.15) is 0 Å². The lowest BCUT2D eigenvalue weighted by molar-refractivity contribution is 0.683. The van der Waals surface area contributed by atoms with Gasteiger partial charge >= 0.3 is 0 Å². The summed E-state index contributed by atoms with van der Waals surface area (Å²) in [5.74, 6) is 0.160. The van der Waals surface area contributed by atoms with E-state index in [9.17, 15) is 4.21 Å². The van der Waals surface area contributed by atoms with Gasteiger partial charge in [-0.3, -0.25) is 0 Å². The molecule has 1 nitrogen and oxygen atoms in total. The number of rotatable bonds is 5. The van der Waals surface area contributed by atoms with Crippen LogP contribution in [0.5, 0.6) is 0 Å². The summed E-state index contributed by atoms with van der Waals surface area (Å²) in [4.78, 5) is 1.87. The second kappa shape index (κ2) is 7.37. The van der Waals surface area contributed by atoms with E-state index in [1.165, 1.54) is 11.1 Å². The highest BCUT2D eigenvalue weighted by Crippen LogP contribution is 2.30. The SMILES string of the molecule is CC/C=C(/[C@@H](C)c1ccccc1)[S@@](=O)c1ccc(C)cc1. The quantitative estimate of drug-likeness (QED) is 0.741. The molecule has 0 bridgehead atoms. The fourth-order valence-corrected chi connectivity index (χ4v) is 3.75. The van der Waals surface area contributed by atoms with Gasteiger partial charge in [0.25, 0.3) is 0 Å². The molecule has 0 aliphatic carbocycles. The molecule has 0 saturated heterocycles. The van der Waals surface area contributed by atoms with E-state index >= 15 is 0 Å². The van der Waals surface area contributed by atoms with Crippen LogP contribution in [0.1, 0.15) is 37.3 Å². The summed E-state index contributed by atoms with van der Waals surface area (Å²) in [7, 11) is -1.10. The van der Waals surface area contributed by atoms with Gasteiger partial charge in [0.15, 0.2) is 0 Å². The van der Waals surface area contributed by atoms with E-state index in [2.05, 4.69) is 32.1 Å². The number of aryl methyl sites for hydroxylation is 1. The minimum absolute atomic E-state index is 0.160. The minimum Gasteiger partial charge on any atom is -0.249 e. The average molecular weight is 298 g/mol. The largest absolute Gasteiger partial charge is 0.249 e. The second-order valence-corrected chi connectivity index (χ2v) is 6.71. The van der Waals surface area contributed by atoms with Crippen LogP contribution < -0.4 is 0 Å². The molecule has 0 saturated carbocycles. The van der Waals surface area contributed by atoms with Crippen molar-refractivity contribution in [2.45, 2.75) is 38.0 Å². The summed E-state index contributed by atoms with van der Waals surface area (Å²) in [5, 5.41) is 0. The molecule has 0 heterocycles. The van der Waals surface area contributed by atoms with Gasteiger partial charge in [-0.25, -0.2) is 4.21 Å². The third-order valence-electron chi connectivity index (χ3n) is 3.58. The van der Waals surface area contributed by atoms with Crippen molar-refractivity contribution in [3.05, 3.63) is 76.7 Å². The van der Waals surface area contributed by atoms with Crippen molar-refractivity contribution in [2.24, 2.45) is 0 Å². The standard InChI is InChI=1S/C19H22OS/c1-4-8-19(16(3)17-9-6-5-7-10-17)21(20)18-13-11-15(2)12-14-18/h5-14,16H,4H2,1-3H3/b19-8-/t16-,21-/m0/s1. The van der Waals surface area contributed by atoms with Crippen molar-refractivity contribution < 1.29 is 4.21 Å². The molecule has 2 aromatic carbocycles. The molecule has 2 atom stereocenters. The first kappa shape index (κ1) is 15.7. The molecule has 2 rings (SSSR count). The molecule has 0 aliphatic heterocycles. The predicted octanol–water partition coefficient (Wildman–Crippen LogP) is 5.20. The summed E-state index contributed by atoms with van der Waals surface area (Å²) < 4.78 is 12.9. The van der Waals surface area contributed by atoms with Crippen LogP contribution >= 0.6 is 0 Å². The smallest absolute Gasteiger partial charge is 0.0811 e. The number of benzene rings is 2. The Bertz CT molecular complexity index is 626. The fourth-order valence-electron chi connectivity index (χ4n) is 2.32. The summed E-state index contributed by atoms with van der Waals surface area (Å²) in [6, 6.07) is 18.2. The van der Waals surface area contributed by atoms with Crippen LogP contribution in [-0.4, -0.2) is 4.21 Å². The van der Waals surface area contributed by atoms with E-state index in [0.717, 1.165) is 16.2 Å². The van der Waals surface area contributed by atoms with Crippen LogP contribution in [-0.2, 0) is 10.8 Å². The Morgan fingerprint density at radius 1 is 1.10 bits per heavy atom. The van der Waals surface area contributed by atoms with Gasteiger partial charge in [-0.1, -0.05) is 68.0 Å². The van der Waals surface area contributed by atoms with E-state index in [4.69, 9.17) is 0 Å². The van der Waals surface area contributed by atoms with Gasteiger partial charge < -0.3 is 0 Å².